The Morgan fingerprint density at radius 2 is 1.81 bits per heavy atom. The van der Waals surface area contributed by atoms with Crippen molar-refractivity contribution in [2.45, 2.75) is 11.0 Å². The first-order chi connectivity index (χ1) is 10.2. The summed E-state index contributed by atoms with van der Waals surface area (Å²) in [7, 11) is 3.18. The number of aliphatic hydroxyl groups is 1. The van der Waals surface area contributed by atoms with Gasteiger partial charge in [0.25, 0.3) is 0 Å². The van der Waals surface area contributed by atoms with Crippen LogP contribution in [0.25, 0.3) is 0 Å². The van der Waals surface area contributed by atoms with Crippen LogP contribution in [0.15, 0.2) is 51.8 Å². The Morgan fingerprint density at radius 3 is 2.48 bits per heavy atom. The Hall–Kier alpha value is -1.17. The highest BCUT2D eigenvalue weighted by atomic mass is 79.9. The van der Waals surface area contributed by atoms with Gasteiger partial charge in [-0.2, -0.15) is 0 Å². The highest BCUT2D eigenvalue weighted by molar-refractivity contribution is 9.10. The van der Waals surface area contributed by atoms with Gasteiger partial charge in [-0.1, -0.05) is 18.2 Å². The van der Waals surface area contributed by atoms with E-state index >= 15 is 0 Å². The zero-order valence-electron chi connectivity index (χ0n) is 11.9. The molecule has 0 aromatic heterocycles. The van der Waals surface area contributed by atoms with Crippen molar-refractivity contribution in [1.82, 2.24) is 0 Å². The van der Waals surface area contributed by atoms with Crippen molar-refractivity contribution < 1.29 is 14.6 Å². The molecule has 2 aromatic rings. The van der Waals surface area contributed by atoms with E-state index in [9.17, 15) is 5.11 Å². The van der Waals surface area contributed by atoms with E-state index in [1.807, 2.05) is 36.4 Å². The Labute approximate surface area is 137 Å². The molecular formula is C16H17BrO3S. The van der Waals surface area contributed by atoms with E-state index in [1.54, 1.807) is 32.0 Å². The number of methoxy groups -OCH3 is 2. The minimum Gasteiger partial charge on any atom is -0.493 e. The molecule has 0 saturated carbocycles. The van der Waals surface area contributed by atoms with Crippen LogP contribution in [0.1, 0.15) is 11.7 Å². The van der Waals surface area contributed by atoms with Crippen molar-refractivity contribution in [3.05, 3.63) is 52.5 Å². The van der Waals surface area contributed by atoms with E-state index in [-0.39, 0.29) is 0 Å². The zero-order valence-corrected chi connectivity index (χ0v) is 14.3. The summed E-state index contributed by atoms with van der Waals surface area (Å²) < 4.78 is 11.5. The number of hydrogen-bond acceptors (Lipinski definition) is 4. The molecule has 1 unspecified atom stereocenters. The smallest absolute Gasteiger partial charge is 0.161 e. The van der Waals surface area contributed by atoms with Crippen LogP contribution >= 0.6 is 27.7 Å². The molecule has 2 aromatic carbocycles. The summed E-state index contributed by atoms with van der Waals surface area (Å²) in [4.78, 5) is 1.11. The third kappa shape index (κ3) is 4.15. The average molecular weight is 369 g/mol. The van der Waals surface area contributed by atoms with Crippen molar-refractivity contribution in [3.8, 4) is 11.5 Å². The normalized spacial score (nSPS) is 12.0. The molecule has 0 radical (unpaired) electrons. The Kier molecular flexibility index (Phi) is 5.96. The summed E-state index contributed by atoms with van der Waals surface area (Å²) in [5, 5.41) is 10.3. The topological polar surface area (TPSA) is 38.7 Å². The quantitative estimate of drug-likeness (QED) is 0.771. The molecule has 0 saturated heterocycles. The maximum absolute atomic E-state index is 10.3. The lowest BCUT2D eigenvalue weighted by Crippen LogP contribution is -2.02. The predicted octanol–water partition coefficient (Wildman–Crippen LogP) is 4.29. The largest absolute Gasteiger partial charge is 0.493 e. The van der Waals surface area contributed by atoms with Crippen LogP contribution in [0.3, 0.4) is 0 Å². The minimum atomic E-state index is -0.568. The molecule has 21 heavy (non-hydrogen) atoms. The Bertz CT molecular complexity index is 604. The van der Waals surface area contributed by atoms with Gasteiger partial charge in [0.2, 0.25) is 0 Å². The van der Waals surface area contributed by atoms with E-state index in [1.165, 1.54) is 0 Å². The van der Waals surface area contributed by atoms with E-state index in [4.69, 9.17) is 9.47 Å². The second-order valence-corrected chi connectivity index (χ2v) is 6.29. The van der Waals surface area contributed by atoms with Gasteiger partial charge in [-0.25, -0.2) is 0 Å². The van der Waals surface area contributed by atoms with Gasteiger partial charge in [0, 0.05) is 15.1 Å². The third-order valence-corrected chi connectivity index (χ3v) is 5.13. The molecule has 0 bridgehead atoms. The number of benzene rings is 2. The zero-order chi connectivity index (χ0) is 15.2. The molecule has 0 amide bonds. The number of thioether (sulfide) groups is 1. The third-order valence-electron chi connectivity index (χ3n) is 3.03. The van der Waals surface area contributed by atoms with Crippen molar-refractivity contribution in [2.24, 2.45) is 0 Å². The molecule has 0 aliphatic rings. The average Bonchev–Trinajstić information content (AvgIpc) is 2.53. The fraction of sp³-hybridized carbons (Fsp3) is 0.250. The number of halogens is 1. The maximum Gasteiger partial charge on any atom is 0.161 e. The van der Waals surface area contributed by atoms with Gasteiger partial charge in [-0.15, -0.1) is 11.8 Å². The highest BCUT2D eigenvalue weighted by Crippen LogP contribution is 2.33. The van der Waals surface area contributed by atoms with Crippen molar-refractivity contribution in [1.29, 1.82) is 0 Å². The lowest BCUT2D eigenvalue weighted by molar-refractivity contribution is 0.203. The summed E-state index contributed by atoms with van der Waals surface area (Å²) in [6.45, 7) is 0. The molecule has 0 heterocycles. The van der Waals surface area contributed by atoms with Gasteiger partial charge in [-0.05, 0) is 45.8 Å². The fourth-order valence-electron chi connectivity index (χ4n) is 1.89. The van der Waals surface area contributed by atoms with Crippen molar-refractivity contribution >= 4 is 27.7 Å². The second-order valence-electron chi connectivity index (χ2n) is 4.37. The number of ether oxygens (including phenoxy) is 2. The lowest BCUT2D eigenvalue weighted by atomic mass is 10.1. The van der Waals surface area contributed by atoms with Gasteiger partial charge in [0.1, 0.15) is 0 Å². The van der Waals surface area contributed by atoms with Gasteiger partial charge in [0.15, 0.2) is 11.5 Å². The molecule has 3 nitrogen and oxygen atoms in total. The second kappa shape index (κ2) is 7.73. The van der Waals surface area contributed by atoms with Crippen LogP contribution in [0, 0.1) is 0 Å². The standard InChI is InChI=1S/C16H17BrO3S/c1-19-14-8-7-11(9-15(14)20-2)13(18)10-21-16-6-4-3-5-12(16)17/h3-9,13,18H,10H2,1-2H3. The van der Waals surface area contributed by atoms with Gasteiger partial charge in [0.05, 0.1) is 20.3 Å². The first-order valence-corrected chi connectivity index (χ1v) is 8.21. The van der Waals surface area contributed by atoms with E-state index in [2.05, 4.69) is 15.9 Å². The molecule has 1 atom stereocenters. The van der Waals surface area contributed by atoms with Crippen molar-refractivity contribution in [2.75, 3.05) is 20.0 Å². The van der Waals surface area contributed by atoms with Crippen LogP contribution in [0.4, 0.5) is 0 Å². The Balaban J connectivity index is 2.06. The number of hydrogen-bond donors (Lipinski definition) is 1. The summed E-state index contributed by atoms with van der Waals surface area (Å²) in [6, 6.07) is 13.4. The first-order valence-electron chi connectivity index (χ1n) is 6.43. The summed E-state index contributed by atoms with van der Waals surface area (Å²) in [5.41, 5.74) is 0.812. The monoisotopic (exact) mass is 368 g/mol. The maximum atomic E-state index is 10.3. The van der Waals surface area contributed by atoms with Crippen LogP contribution in [0.5, 0.6) is 11.5 Å². The lowest BCUT2D eigenvalue weighted by Gasteiger charge is -2.14. The van der Waals surface area contributed by atoms with E-state index in [0.717, 1.165) is 14.9 Å². The van der Waals surface area contributed by atoms with Crippen LogP contribution in [0.2, 0.25) is 0 Å². The van der Waals surface area contributed by atoms with Gasteiger partial charge in [-0.3, -0.25) is 0 Å². The minimum absolute atomic E-state index is 0.568. The molecular weight excluding hydrogens is 352 g/mol. The van der Waals surface area contributed by atoms with Crippen LogP contribution in [-0.4, -0.2) is 25.1 Å². The Morgan fingerprint density at radius 1 is 1.10 bits per heavy atom. The molecule has 0 spiro atoms. The molecule has 2 rings (SSSR count). The SMILES string of the molecule is COc1ccc(C(O)CSc2ccccc2Br)cc1OC. The summed E-state index contributed by atoms with van der Waals surface area (Å²) in [5.74, 6) is 1.85. The number of rotatable bonds is 6. The van der Waals surface area contributed by atoms with Gasteiger partial charge < -0.3 is 14.6 Å². The molecule has 1 N–H and O–H groups in total. The predicted molar refractivity (Wildman–Crippen MR) is 89.4 cm³/mol. The summed E-state index contributed by atoms with van der Waals surface area (Å²) >= 11 is 5.11. The molecule has 0 aliphatic carbocycles. The molecule has 112 valence electrons. The molecule has 5 heteroatoms. The molecule has 0 fully saturated rings. The van der Waals surface area contributed by atoms with E-state index in [0.29, 0.717) is 17.3 Å². The van der Waals surface area contributed by atoms with Crippen LogP contribution < -0.4 is 9.47 Å². The summed E-state index contributed by atoms with van der Waals surface area (Å²) in [6.07, 6.45) is -0.568. The molecule has 0 aliphatic heterocycles. The van der Waals surface area contributed by atoms with Crippen molar-refractivity contribution in [3.63, 3.8) is 0 Å². The first kappa shape index (κ1) is 16.2. The highest BCUT2D eigenvalue weighted by Gasteiger charge is 2.12. The van der Waals surface area contributed by atoms with Gasteiger partial charge >= 0.3 is 0 Å². The fourth-order valence-corrected chi connectivity index (χ4v) is 3.43. The number of aliphatic hydroxyl groups excluding tert-OH is 1. The van der Waals surface area contributed by atoms with Crippen LogP contribution in [-0.2, 0) is 0 Å². The van der Waals surface area contributed by atoms with E-state index < -0.39 is 6.10 Å².